The van der Waals surface area contributed by atoms with Crippen LogP contribution >= 0.6 is 0 Å². The Morgan fingerprint density at radius 2 is 2.17 bits per heavy atom. The smallest absolute Gasteiger partial charge is 0.278 e. The summed E-state index contributed by atoms with van der Waals surface area (Å²) < 4.78 is 32.7. The number of hydrogen-bond donors (Lipinski definition) is 2. The second-order valence-corrected chi connectivity index (χ2v) is 7.09. The quantitative estimate of drug-likeness (QED) is 0.549. The van der Waals surface area contributed by atoms with E-state index in [1.54, 1.807) is 36.3 Å². The molecule has 160 valence electrons. The number of nitrogens with one attached hydrogen (secondary N) is 1. The molecule has 0 aromatic carbocycles. The minimum Gasteiger partial charge on any atom is -0.471 e. The molecule has 10 heteroatoms. The number of aromatic nitrogens is 4. The van der Waals surface area contributed by atoms with Crippen molar-refractivity contribution >= 4 is 16.8 Å². The largest absolute Gasteiger partial charge is 0.471 e. The number of halogens is 2. The predicted octanol–water partition coefficient (Wildman–Crippen LogP) is 1.87. The molecule has 3 aromatic rings. The number of alkyl halides is 2. The van der Waals surface area contributed by atoms with E-state index in [4.69, 9.17) is 9.84 Å². The van der Waals surface area contributed by atoms with Crippen LogP contribution in [0, 0.1) is 6.92 Å². The van der Waals surface area contributed by atoms with E-state index in [9.17, 15) is 13.6 Å². The summed E-state index contributed by atoms with van der Waals surface area (Å²) in [7, 11) is 0. The molecule has 1 amide bonds. The molecular weight excluding hydrogens is 396 g/mol. The molecule has 0 aliphatic heterocycles. The summed E-state index contributed by atoms with van der Waals surface area (Å²) in [6, 6.07) is 3.57. The first kappa shape index (κ1) is 21.6. The molecule has 0 radical (unpaired) electrons. The van der Waals surface area contributed by atoms with Crippen LogP contribution in [0.5, 0.6) is 5.88 Å². The third-order valence-electron chi connectivity index (χ3n) is 4.22. The van der Waals surface area contributed by atoms with E-state index in [0.717, 1.165) is 17.9 Å². The van der Waals surface area contributed by atoms with Crippen LogP contribution in [-0.4, -0.2) is 56.4 Å². The first-order valence-corrected chi connectivity index (χ1v) is 9.40. The molecule has 0 unspecified atom stereocenters. The summed E-state index contributed by atoms with van der Waals surface area (Å²) in [6.45, 7) is 2.27. The van der Waals surface area contributed by atoms with Crippen LogP contribution in [0.1, 0.15) is 23.7 Å². The van der Waals surface area contributed by atoms with E-state index in [-0.39, 0.29) is 31.4 Å². The SMILES string of the molecule is Cc1cc(Cn2cc3c(CC(=O)NCCO)nccc3n2)cnc1OCC(C)(F)F. The van der Waals surface area contributed by atoms with Gasteiger partial charge in [0.1, 0.15) is 0 Å². The van der Waals surface area contributed by atoms with Crippen molar-refractivity contribution in [2.45, 2.75) is 32.7 Å². The zero-order valence-electron chi connectivity index (χ0n) is 16.7. The fourth-order valence-corrected chi connectivity index (χ4v) is 2.92. The maximum Gasteiger partial charge on any atom is 0.278 e. The predicted molar refractivity (Wildman–Crippen MR) is 106 cm³/mol. The Bertz CT molecular complexity index is 1030. The standard InChI is InChI=1S/C20H23F2N5O3/c1-13-7-14(9-25-19(13)30-12-20(2,21)22)10-27-11-15-16(26-27)3-4-23-17(15)8-18(29)24-5-6-28/h3-4,7,9,11,28H,5-6,8,10,12H2,1-2H3,(H,24,29). The lowest BCUT2D eigenvalue weighted by molar-refractivity contribution is -0.120. The average molecular weight is 419 g/mol. The van der Waals surface area contributed by atoms with Gasteiger partial charge in [0.25, 0.3) is 5.92 Å². The van der Waals surface area contributed by atoms with E-state index in [1.807, 2.05) is 6.07 Å². The Hall–Kier alpha value is -3.14. The Labute approximate surface area is 171 Å². The second kappa shape index (κ2) is 9.12. The summed E-state index contributed by atoms with van der Waals surface area (Å²) in [4.78, 5) is 20.3. The molecule has 2 N–H and O–H groups in total. The van der Waals surface area contributed by atoms with Gasteiger partial charge >= 0.3 is 0 Å². The molecule has 0 saturated carbocycles. The van der Waals surface area contributed by atoms with Crippen molar-refractivity contribution in [2.24, 2.45) is 0 Å². The van der Waals surface area contributed by atoms with Gasteiger partial charge in [-0.2, -0.15) is 5.10 Å². The number of rotatable bonds is 9. The van der Waals surface area contributed by atoms with Crippen LogP contribution in [0.25, 0.3) is 10.9 Å². The number of aliphatic hydroxyl groups excluding tert-OH is 1. The van der Waals surface area contributed by atoms with E-state index in [2.05, 4.69) is 20.4 Å². The van der Waals surface area contributed by atoms with Crippen molar-refractivity contribution in [1.29, 1.82) is 0 Å². The van der Waals surface area contributed by atoms with Gasteiger partial charge in [-0.05, 0) is 24.6 Å². The van der Waals surface area contributed by atoms with E-state index < -0.39 is 12.5 Å². The summed E-state index contributed by atoms with van der Waals surface area (Å²) >= 11 is 0. The number of amides is 1. The molecule has 3 aromatic heterocycles. The van der Waals surface area contributed by atoms with Gasteiger partial charge in [-0.1, -0.05) is 0 Å². The highest BCUT2D eigenvalue weighted by Crippen LogP contribution is 2.21. The van der Waals surface area contributed by atoms with Crippen LogP contribution in [-0.2, 0) is 17.8 Å². The van der Waals surface area contributed by atoms with Gasteiger partial charge in [-0.25, -0.2) is 13.8 Å². The van der Waals surface area contributed by atoms with Crippen molar-refractivity contribution in [3.8, 4) is 5.88 Å². The number of carbonyl (C=O) groups is 1. The molecule has 0 aliphatic rings. The van der Waals surface area contributed by atoms with Crippen molar-refractivity contribution in [3.63, 3.8) is 0 Å². The summed E-state index contributed by atoms with van der Waals surface area (Å²) in [5, 5.41) is 16.7. The van der Waals surface area contributed by atoms with Gasteiger partial charge in [0.15, 0.2) is 6.61 Å². The number of nitrogens with zero attached hydrogens (tertiary/aromatic N) is 4. The maximum atomic E-state index is 13.0. The summed E-state index contributed by atoms with van der Waals surface area (Å²) in [6.07, 6.45) is 5.03. The third-order valence-corrected chi connectivity index (χ3v) is 4.22. The van der Waals surface area contributed by atoms with Crippen LogP contribution in [0.2, 0.25) is 0 Å². The van der Waals surface area contributed by atoms with Crippen LogP contribution < -0.4 is 10.1 Å². The number of pyridine rings is 2. The molecule has 0 aliphatic carbocycles. The number of fused-ring (bicyclic) bond motifs is 1. The van der Waals surface area contributed by atoms with Gasteiger partial charge in [0, 0.05) is 43.0 Å². The number of carbonyl (C=O) groups excluding carboxylic acids is 1. The Morgan fingerprint density at radius 3 is 2.87 bits per heavy atom. The number of hydrogen-bond acceptors (Lipinski definition) is 6. The summed E-state index contributed by atoms with van der Waals surface area (Å²) in [5.41, 5.74) is 2.76. The molecule has 0 bridgehead atoms. The first-order chi connectivity index (χ1) is 14.2. The van der Waals surface area contributed by atoms with Crippen molar-refractivity contribution in [2.75, 3.05) is 19.8 Å². The molecule has 0 fully saturated rings. The highest BCUT2D eigenvalue weighted by Gasteiger charge is 2.22. The number of aliphatic hydroxyl groups is 1. The fourth-order valence-electron chi connectivity index (χ4n) is 2.92. The van der Waals surface area contributed by atoms with Crippen molar-refractivity contribution < 1.29 is 23.4 Å². The number of aryl methyl sites for hydroxylation is 1. The fraction of sp³-hybridized carbons (Fsp3) is 0.400. The molecule has 0 atom stereocenters. The Balaban J connectivity index is 1.74. The van der Waals surface area contributed by atoms with E-state index >= 15 is 0 Å². The van der Waals surface area contributed by atoms with Crippen molar-refractivity contribution in [1.82, 2.24) is 25.1 Å². The molecular formula is C20H23F2N5O3. The molecule has 8 nitrogen and oxygen atoms in total. The van der Waals surface area contributed by atoms with Gasteiger partial charge in [0.2, 0.25) is 11.8 Å². The molecule has 0 saturated heterocycles. The van der Waals surface area contributed by atoms with Crippen LogP contribution in [0.4, 0.5) is 8.78 Å². The van der Waals surface area contributed by atoms with Crippen LogP contribution in [0.15, 0.2) is 30.7 Å². The maximum absolute atomic E-state index is 13.0. The molecule has 3 heterocycles. The first-order valence-electron chi connectivity index (χ1n) is 9.40. The second-order valence-electron chi connectivity index (χ2n) is 7.09. The normalized spacial score (nSPS) is 11.6. The topological polar surface area (TPSA) is 102 Å². The highest BCUT2D eigenvalue weighted by molar-refractivity contribution is 5.86. The minimum absolute atomic E-state index is 0.0811. The lowest BCUT2D eigenvalue weighted by atomic mass is 10.2. The molecule has 30 heavy (non-hydrogen) atoms. The van der Waals surface area contributed by atoms with Gasteiger partial charge in [0.05, 0.1) is 30.8 Å². The molecule has 3 rings (SSSR count). The lowest BCUT2D eigenvalue weighted by Gasteiger charge is -2.13. The van der Waals surface area contributed by atoms with E-state index in [1.165, 1.54) is 0 Å². The van der Waals surface area contributed by atoms with E-state index in [0.29, 0.717) is 23.3 Å². The minimum atomic E-state index is -2.93. The number of ether oxygens (including phenoxy) is 1. The Kier molecular flexibility index (Phi) is 6.56. The zero-order chi connectivity index (χ0) is 21.7. The molecule has 0 spiro atoms. The zero-order valence-corrected chi connectivity index (χ0v) is 16.7. The van der Waals surface area contributed by atoms with Gasteiger partial charge in [-0.15, -0.1) is 0 Å². The lowest BCUT2D eigenvalue weighted by Crippen LogP contribution is -2.28. The van der Waals surface area contributed by atoms with Gasteiger partial charge < -0.3 is 15.2 Å². The average Bonchev–Trinajstić information content (AvgIpc) is 3.08. The van der Waals surface area contributed by atoms with Crippen LogP contribution in [0.3, 0.4) is 0 Å². The van der Waals surface area contributed by atoms with Crippen molar-refractivity contribution in [3.05, 3.63) is 47.5 Å². The summed E-state index contributed by atoms with van der Waals surface area (Å²) in [5.74, 6) is -2.99. The monoisotopic (exact) mass is 419 g/mol. The Morgan fingerprint density at radius 1 is 1.37 bits per heavy atom. The van der Waals surface area contributed by atoms with Gasteiger partial charge in [-0.3, -0.25) is 14.5 Å². The highest BCUT2D eigenvalue weighted by atomic mass is 19.3. The third kappa shape index (κ3) is 5.69.